The standard InChI is InChI=1S/C47H54N10O2/c1-7-35(53-55-37-22-26-39(27-23-37)57(5)6)15-11-29-49-31-13-33-51-43-19-9-17-41-45(43)47(59)44-40(46(41)58)16-8-18-42(44)50-32-12-30-48-28-10-14-34(2)52-54-36-20-24-38(25-21-36)56(3)4/h7-11,14-29,50-51,54-55H,1,12-13,30-33H2,2-6H3. The zero-order valence-corrected chi connectivity index (χ0v) is 34.6. The summed E-state index contributed by atoms with van der Waals surface area (Å²) in [6.45, 7) is 8.09. The Hall–Kier alpha value is -7.08. The molecule has 0 fully saturated rings. The Morgan fingerprint density at radius 3 is 1.58 bits per heavy atom. The number of benzene rings is 4. The number of carbonyl (C=O) groups excluding carboxylic acids is 2. The van der Waals surface area contributed by atoms with Crippen molar-refractivity contribution >= 4 is 69.5 Å². The number of hydrazone groups is 2. The Balaban J connectivity index is 1.07. The highest BCUT2D eigenvalue weighted by Gasteiger charge is 2.33. The molecule has 0 unspecified atom stereocenters. The normalized spacial score (nSPS) is 13.0. The average Bonchev–Trinajstić information content (AvgIpc) is 3.25. The van der Waals surface area contributed by atoms with Crippen LogP contribution in [0, 0.1) is 0 Å². The number of nitrogens with zero attached hydrogens (tertiary/aromatic N) is 6. The van der Waals surface area contributed by atoms with Crippen molar-refractivity contribution in [3.8, 4) is 0 Å². The summed E-state index contributed by atoms with van der Waals surface area (Å²) < 4.78 is 0. The minimum Gasteiger partial charge on any atom is -0.384 e. The van der Waals surface area contributed by atoms with E-state index in [-0.39, 0.29) is 11.6 Å². The second kappa shape index (κ2) is 22.0. The SMILES string of the molecule is C=CC(C=CC=NCCCNc1cccc2c1C(=O)c1c(NCCCN=CC=CC(C)=NNc3ccc(N(C)C)cc3)cccc1C2=O)=NNc1ccc(N(C)C)cc1. The van der Waals surface area contributed by atoms with Crippen molar-refractivity contribution in [2.24, 2.45) is 20.2 Å². The molecule has 304 valence electrons. The minimum absolute atomic E-state index is 0.161. The number of hydrogen-bond acceptors (Lipinski definition) is 12. The summed E-state index contributed by atoms with van der Waals surface area (Å²) in [5.74, 6) is -0.338. The van der Waals surface area contributed by atoms with Gasteiger partial charge in [0, 0.05) is 101 Å². The highest BCUT2D eigenvalue weighted by molar-refractivity contribution is 6.31. The second-order valence-electron chi connectivity index (χ2n) is 14.1. The van der Waals surface area contributed by atoms with E-state index in [0.29, 0.717) is 65.5 Å². The Morgan fingerprint density at radius 1 is 0.627 bits per heavy atom. The fourth-order valence-electron chi connectivity index (χ4n) is 6.06. The molecule has 0 spiro atoms. The zero-order valence-electron chi connectivity index (χ0n) is 34.6. The van der Waals surface area contributed by atoms with E-state index in [0.717, 1.165) is 41.3 Å². The molecular formula is C47H54N10O2. The van der Waals surface area contributed by atoms with Gasteiger partial charge in [-0.05, 0) is 111 Å². The van der Waals surface area contributed by atoms with Gasteiger partial charge < -0.3 is 20.4 Å². The summed E-state index contributed by atoms with van der Waals surface area (Å²) in [5.41, 5.74) is 14.5. The minimum atomic E-state index is -0.177. The number of aliphatic imine (C=N–C) groups is 2. The predicted molar refractivity (Wildman–Crippen MR) is 250 cm³/mol. The summed E-state index contributed by atoms with van der Waals surface area (Å²) in [5, 5.41) is 15.5. The smallest absolute Gasteiger partial charge is 0.198 e. The van der Waals surface area contributed by atoms with Gasteiger partial charge in [0.1, 0.15) is 0 Å². The van der Waals surface area contributed by atoms with Gasteiger partial charge in [0.05, 0.1) is 33.9 Å². The van der Waals surface area contributed by atoms with Gasteiger partial charge in [-0.3, -0.25) is 30.4 Å². The van der Waals surface area contributed by atoms with E-state index in [9.17, 15) is 9.59 Å². The van der Waals surface area contributed by atoms with Crippen molar-refractivity contribution in [1.82, 2.24) is 0 Å². The van der Waals surface area contributed by atoms with Crippen LogP contribution in [0.4, 0.5) is 34.1 Å². The van der Waals surface area contributed by atoms with Crippen molar-refractivity contribution in [2.45, 2.75) is 19.8 Å². The van der Waals surface area contributed by atoms with Crippen molar-refractivity contribution in [2.75, 3.05) is 85.7 Å². The molecule has 0 heterocycles. The first kappa shape index (κ1) is 43.1. The van der Waals surface area contributed by atoms with Crippen molar-refractivity contribution in [3.05, 3.63) is 144 Å². The number of hydrogen-bond donors (Lipinski definition) is 4. The van der Waals surface area contributed by atoms with Gasteiger partial charge in [0.2, 0.25) is 0 Å². The monoisotopic (exact) mass is 790 g/mol. The van der Waals surface area contributed by atoms with Crippen molar-refractivity contribution < 1.29 is 9.59 Å². The van der Waals surface area contributed by atoms with Crippen molar-refractivity contribution in [3.63, 3.8) is 0 Å². The second-order valence-corrected chi connectivity index (χ2v) is 14.1. The summed E-state index contributed by atoms with van der Waals surface area (Å²) in [6.07, 6.45) is 14.0. The number of allylic oxidation sites excluding steroid dienone is 5. The van der Waals surface area contributed by atoms with Gasteiger partial charge in [-0.1, -0.05) is 30.8 Å². The number of ketones is 2. The maximum atomic E-state index is 14.0. The van der Waals surface area contributed by atoms with Crippen LogP contribution in [0.15, 0.2) is 142 Å². The van der Waals surface area contributed by atoms with Crippen LogP contribution in [0.5, 0.6) is 0 Å². The van der Waals surface area contributed by atoms with Gasteiger partial charge in [-0.2, -0.15) is 10.2 Å². The first-order valence-electron chi connectivity index (χ1n) is 19.6. The number of fused-ring (bicyclic) bond motifs is 2. The highest BCUT2D eigenvalue weighted by Crippen LogP contribution is 2.35. The Bertz CT molecular complexity index is 2250. The fraction of sp³-hybridized carbons (Fsp3) is 0.234. The molecule has 4 aromatic rings. The Kier molecular flexibility index (Phi) is 16.1. The molecule has 0 amide bonds. The lowest BCUT2D eigenvalue weighted by atomic mass is 9.82. The third-order valence-corrected chi connectivity index (χ3v) is 9.27. The summed E-state index contributed by atoms with van der Waals surface area (Å²) in [6, 6.07) is 26.8. The molecule has 1 aliphatic carbocycles. The first-order chi connectivity index (χ1) is 28.7. The van der Waals surface area contributed by atoms with E-state index >= 15 is 0 Å². The van der Waals surface area contributed by atoms with Gasteiger partial charge in [-0.15, -0.1) is 0 Å². The Labute approximate surface area is 347 Å². The Morgan fingerprint density at radius 2 is 1.10 bits per heavy atom. The van der Waals surface area contributed by atoms with E-state index in [1.165, 1.54) is 0 Å². The molecule has 1 aliphatic rings. The van der Waals surface area contributed by atoms with E-state index < -0.39 is 0 Å². The molecule has 4 N–H and O–H groups in total. The maximum absolute atomic E-state index is 14.0. The van der Waals surface area contributed by atoms with Crippen LogP contribution in [0.2, 0.25) is 0 Å². The lowest BCUT2D eigenvalue weighted by Gasteiger charge is -2.23. The van der Waals surface area contributed by atoms with Gasteiger partial charge >= 0.3 is 0 Å². The fourth-order valence-corrected chi connectivity index (χ4v) is 6.06. The molecule has 0 radical (unpaired) electrons. The van der Waals surface area contributed by atoms with Gasteiger partial charge in [-0.25, -0.2) is 0 Å². The van der Waals surface area contributed by atoms with E-state index in [1.807, 2.05) is 136 Å². The van der Waals surface area contributed by atoms with Crippen LogP contribution in [0.25, 0.3) is 0 Å². The lowest BCUT2D eigenvalue weighted by molar-refractivity contribution is 0.0980. The molecule has 0 saturated carbocycles. The lowest BCUT2D eigenvalue weighted by Crippen LogP contribution is -2.24. The molecule has 0 bridgehead atoms. The topological polar surface area (TPSA) is 138 Å². The summed E-state index contributed by atoms with van der Waals surface area (Å²) in [7, 11) is 8.01. The van der Waals surface area contributed by atoms with Gasteiger partial charge in [0.15, 0.2) is 11.6 Å². The molecule has 5 rings (SSSR count). The molecule has 4 aromatic carbocycles. The molecule has 59 heavy (non-hydrogen) atoms. The summed E-state index contributed by atoms with van der Waals surface area (Å²) >= 11 is 0. The number of rotatable bonds is 21. The van der Waals surface area contributed by atoms with E-state index in [1.54, 1.807) is 36.7 Å². The summed E-state index contributed by atoms with van der Waals surface area (Å²) in [4.78, 5) is 40.7. The molecule has 0 saturated heterocycles. The van der Waals surface area contributed by atoms with E-state index in [4.69, 9.17) is 0 Å². The van der Waals surface area contributed by atoms with Crippen LogP contribution in [0.1, 0.15) is 51.6 Å². The van der Waals surface area contributed by atoms with Crippen LogP contribution in [-0.2, 0) is 0 Å². The third kappa shape index (κ3) is 12.5. The first-order valence-corrected chi connectivity index (χ1v) is 19.6. The molecule has 0 aromatic heterocycles. The zero-order chi connectivity index (χ0) is 42.0. The number of nitrogens with one attached hydrogen (secondary N) is 4. The number of carbonyl (C=O) groups is 2. The number of anilines is 6. The van der Waals surface area contributed by atoms with Crippen LogP contribution < -0.4 is 31.3 Å². The highest BCUT2D eigenvalue weighted by atomic mass is 16.1. The van der Waals surface area contributed by atoms with E-state index in [2.05, 4.69) is 48.3 Å². The molecule has 12 heteroatoms. The quantitative estimate of drug-likeness (QED) is 0.0330. The van der Waals surface area contributed by atoms with Crippen molar-refractivity contribution in [1.29, 1.82) is 0 Å². The molecule has 12 nitrogen and oxygen atoms in total. The van der Waals surface area contributed by atoms with Crippen LogP contribution >= 0.6 is 0 Å². The molecular weight excluding hydrogens is 737 g/mol. The average molecular weight is 791 g/mol. The predicted octanol–water partition coefficient (Wildman–Crippen LogP) is 8.59. The van der Waals surface area contributed by atoms with Gasteiger partial charge in [0.25, 0.3) is 0 Å². The molecule has 0 atom stereocenters. The maximum Gasteiger partial charge on any atom is 0.198 e. The largest absolute Gasteiger partial charge is 0.384 e. The molecule has 0 aliphatic heterocycles. The van der Waals surface area contributed by atoms with Crippen LogP contribution in [-0.4, -0.2) is 89.8 Å². The third-order valence-electron chi connectivity index (χ3n) is 9.27. The van der Waals surface area contributed by atoms with Crippen LogP contribution in [0.3, 0.4) is 0 Å².